The first-order valence-corrected chi connectivity index (χ1v) is 15.0. The zero-order chi connectivity index (χ0) is 27.0. The van der Waals surface area contributed by atoms with Crippen molar-refractivity contribution in [3.63, 3.8) is 0 Å². The molecule has 5 nitrogen and oxygen atoms in total. The van der Waals surface area contributed by atoms with Gasteiger partial charge in [-0.2, -0.15) is 0 Å². The van der Waals surface area contributed by atoms with Gasteiger partial charge < -0.3 is 14.6 Å². The van der Waals surface area contributed by atoms with E-state index in [2.05, 4.69) is 35.0 Å². The minimum Gasteiger partial charge on any atom is -0.497 e. The van der Waals surface area contributed by atoms with Crippen molar-refractivity contribution in [3.05, 3.63) is 59.9 Å². The van der Waals surface area contributed by atoms with Crippen LogP contribution in [0.3, 0.4) is 0 Å². The Morgan fingerprint density at radius 3 is 1.95 bits per heavy atom. The Morgan fingerprint density at radius 2 is 1.37 bits per heavy atom. The van der Waals surface area contributed by atoms with Crippen LogP contribution in [0.15, 0.2) is 48.5 Å². The number of methoxy groups -OCH3 is 1. The number of fused-ring (bicyclic) bond motifs is 1. The number of hydrogen-bond acceptors (Lipinski definition) is 3. The van der Waals surface area contributed by atoms with E-state index in [9.17, 15) is 4.79 Å². The molecule has 0 saturated heterocycles. The van der Waals surface area contributed by atoms with Crippen LogP contribution in [-0.4, -0.2) is 22.6 Å². The molecular formula is C33H49N3O2. The van der Waals surface area contributed by atoms with E-state index in [4.69, 9.17) is 9.72 Å². The number of hydrogen-bond donors (Lipinski definition) is 1. The Bertz CT molecular complexity index is 1070. The quantitative estimate of drug-likeness (QED) is 0.161. The van der Waals surface area contributed by atoms with Crippen LogP contribution in [-0.2, 0) is 6.54 Å². The van der Waals surface area contributed by atoms with Crippen LogP contribution in [0.25, 0.3) is 11.0 Å². The SMILES string of the molecule is CCCCCCCCCCCCCCCCn1c(C(C)NC(=O)c2ccc(OC)cc2)nc2ccccc21. The van der Waals surface area contributed by atoms with Crippen LogP contribution in [0.2, 0.25) is 0 Å². The Hall–Kier alpha value is -2.82. The molecule has 2 aromatic carbocycles. The second kappa shape index (κ2) is 16.9. The molecule has 1 unspecified atom stereocenters. The molecule has 208 valence electrons. The summed E-state index contributed by atoms with van der Waals surface area (Å²) in [5, 5.41) is 3.14. The predicted octanol–water partition coefficient (Wildman–Crippen LogP) is 9.02. The normalized spacial score (nSPS) is 12.1. The van der Waals surface area contributed by atoms with E-state index in [-0.39, 0.29) is 11.9 Å². The average molecular weight is 520 g/mol. The highest BCUT2D eigenvalue weighted by Gasteiger charge is 2.19. The largest absolute Gasteiger partial charge is 0.497 e. The highest BCUT2D eigenvalue weighted by molar-refractivity contribution is 5.94. The first kappa shape index (κ1) is 29.7. The first-order chi connectivity index (χ1) is 18.6. The topological polar surface area (TPSA) is 56.2 Å². The second-order valence-corrected chi connectivity index (χ2v) is 10.6. The fraction of sp³-hybridized carbons (Fsp3) is 0.576. The molecule has 1 atom stereocenters. The second-order valence-electron chi connectivity index (χ2n) is 10.6. The molecule has 0 aliphatic rings. The maximum absolute atomic E-state index is 12.9. The molecule has 0 radical (unpaired) electrons. The number of nitrogens with one attached hydrogen (secondary N) is 1. The van der Waals surface area contributed by atoms with Crippen LogP contribution >= 0.6 is 0 Å². The minimum absolute atomic E-state index is 0.102. The number of aryl methyl sites for hydroxylation is 1. The molecule has 1 amide bonds. The monoisotopic (exact) mass is 519 g/mol. The van der Waals surface area contributed by atoms with E-state index >= 15 is 0 Å². The van der Waals surface area contributed by atoms with E-state index in [1.807, 2.05) is 25.1 Å². The van der Waals surface area contributed by atoms with Crippen LogP contribution in [0, 0.1) is 0 Å². The van der Waals surface area contributed by atoms with E-state index in [0.29, 0.717) is 5.56 Å². The van der Waals surface area contributed by atoms with Crippen LogP contribution in [0.5, 0.6) is 5.75 Å². The van der Waals surface area contributed by atoms with Gasteiger partial charge >= 0.3 is 0 Å². The Balaban J connectivity index is 1.41. The Kier molecular flexibility index (Phi) is 13.2. The summed E-state index contributed by atoms with van der Waals surface area (Å²) >= 11 is 0. The number of amides is 1. The van der Waals surface area contributed by atoms with Gasteiger partial charge in [0, 0.05) is 12.1 Å². The fourth-order valence-corrected chi connectivity index (χ4v) is 5.21. The van der Waals surface area contributed by atoms with Gasteiger partial charge in [0.1, 0.15) is 11.6 Å². The van der Waals surface area contributed by atoms with E-state index in [0.717, 1.165) is 35.6 Å². The Labute approximate surface area is 230 Å². The van der Waals surface area contributed by atoms with Gasteiger partial charge in [0.15, 0.2) is 0 Å². The third-order valence-corrected chi connectivity index (χ3v) is 7.51. The highest BCUT2D eigenvalue weighted by Crippen LogP contribution is 2.23. The number of imidazole rings is 1. The molecule has 0 aliphatic carbocycles. The molecule has 0 spiro atoms. The summed E-state index contributed by atoms with van der Waals surface area (Å²) in [6.07, 6.45) is 19.0. The van der Waals surface area contributed by atoms with Crippen molar-refractivity contribution in [2.75, 3.05) is 7.11 Å². The average Bonchev–Trinajstić information content (AvgIpc) is 3.32. The summed E-state index contributed by atoms with van der Waals surface area (Å²) in [7, 11) is 1.62. The molecule has 0 fully saturated rings. The number of carbonyl (C=O) groups is 1. The molecule has 0 aliphatic heterocycles. The van der Waals surface area contributed by atoms with Crippen molar-refractivity contribution in [1.29, 1.82) is 0 Å². The molecule has 3 rings (SSSR count). The van der Waals surface area contributed by atoms with Gasteiger partial charge in [0.2, 0.25) is 0 Å². The fourth-order valence-electron chi connectivity index (χ4n) is 5.21. The van der Waals surface area contributed by atoms with Crippen molar-refractivity contribution >= 4 is 16.9 Å². The predicted molar refractivity (Wildman–Crippen MR) is 159 cm³/mol. The molecule has 0 saturated carbocycles. The molecule has 1 N–H and O–H groups in total. The zero-order valence-corrected chi connectivity index (χ0v) is 24.0. The lowest BCUT2D eigenvalue weighted by atomic mass is 10.0. The third-order valence-electron chi connectivity index (χ3n) is 7.51. The van der Waals surface area contributed by atoms with Crippen molar-refractivity contribution in [2.24, 2.45) is 0 Å². The Morgan fingerprint density at radius 1 is 0.816 bits per heavy atom. The van der Waals surface area contributed by atoms with Crippen LogP contribution in [0.4, 0.5) is 0 Å². The number of unbranched alkanes of at least 4 members (excludes halogenated alkanes) is 13. The number of para-hydroxylation sites is 2. The first-order valence-electron chi connectivity index (χ1n) is 15.0. The molecular weight excluding hydrogens is 470 g/mol. The van der Waals surface area contributed by atoms with E-state index in [1.165, 1.54) is 83.5 Å². The molecule has 3 aromatic rings. The number of benzene rings is 2. The summed E-state index contributed by atoms with van der Waals surface area (Å²) < 4.78 is 7.51. The summed E-state index contributed by atoms with van der Waals surface area (Å²) in [4.78, 5) is 17.8. The molecule has 1 heterocycles. The molecule has 38 heavy (non-hydrogen) atoms. The number of aromatic nitrogens is 2. The van der Waals surface area contributed by atoms with Crippen LogP contribution < -0.4 is 10.1 Å². The van der Waals surface area contributed by atoms with Gasteiger partial charge in [0.25, 0.3) is 5.91 Å². The lowest BCUT2D eigenvalue weighted by molar-refractivity contribution is 0.0937. The van der Waals surface area contributed by atoms with Crippen molar-refractivity contribution in [1.82, 2.24) is 14.9 Å². The zero-order valence-electron chi connectivity index (χ0n) is 24.0. The van der Waals surface area contributed by atoms with Gasteiger partial charge in [-0.1, -0.05) is 103 Å². The van der Waals surface area contributed by atoms with Gasteiger partial charge in [-0.25, -0.2) is 4.98 Å². The summed E-state index contributed by atoms with van der Waals surface area (Å²) in [6, 6.07) is 15.3. The minimum atomic E-state index is -0.191. The lowest BCUT2D eigenvalue weighted by Gasteiger charge is -2.16. The van der Waals surface area contributed by atoms with Crippen molar-refractivity contribution in [3.8, 4) is 5.75 Å². The van der Waals surface area contributed by atoms with Crippen molar-refractivity contribution < 1.29 is 9.53 Å². The number of ether oxygens (including phenoxy) is 1. The van der Waals surface area contributed by atoms with E-state index < -0.39 is 0 Å². The standard InChI is InChI=1S/C33H49N3O2/c1-4-5-6-7-8-9-10-11-12-13-14-15-16-19-26-36-31-21-18-17-20-30(31)35-32(36)27(2)34-33(37)28-22-24-29(38-3)25-23-28/h17-18,20-25,27H,4-16,19,26H2,1-3H3,(H,34,37). The van der Waals surface area contributed by atoms with Gasteiger partial charge in [0.05, 0.1) is 24.2 Å². The third kappa shape index (κ3) is 9.49. The maximum Gasteiger partial charge on any atom is 0.251 e. The lowest BCUT2D eigenvalue weighted by Crippen LogP contribution is -2.28. The van der Waals surface area contributed by atoms with E-state index in [1.54, 1.807) is 19.2 Å². The molecule has 0 bridgehead atoms. The molecule has 5 heteroatoms. The van der Waals surface area contributed by atoms with Gasteiger partial charge in [-0.15, -0.1) is 0 Å². The van der Waals surface area contributed by atoms with Gasteiger partial charge in [-0.3, -0.25) is 4.79 Å². The number of rotatable bonds is 19. The van der Waals surface area contributed by atoms with Crippen molar-refractivity contribution in [2.45, 2.75) is 116 Å². The maximum atomic E-state index is 12.9. The van der Waals surface area contributed by atoms with Crippen LogP contribution in [0.1, 0.15) is 126 Å². The molecule has 1 aromatic heterocycles. The smallest absolute Gasteiger partial charge is 0.251 e. The van der Waals surface area contributed by atoms with Gasteiger partial charge in [-0.05, 0) is 49.7 Å². The number of nitrogens with zero attached hydrogens (tertiary/aromatic N) is 2. The highest BCUT2D eigenvalue weighted by atomic mass is 16.5. The summed E-state index contributed by atoms with van der Waals surface area (Å²) in [5.74, 6) is 1.56. The summed E-state index contributed by atoms with van der Waals surface area (Å²) in [5.41, 5.74) is 2.74. The summed E-state index contributed by atoms with van der Waals surface area (Å²) in [6.45, 7) is 5.23. The number of carbonyl (C=O) groups excluding carboxylic acids is 1.